The van der Waals surface area contributed by atoms with Crippen LogP contribution in [-0.4, -0.2) is 41.7 Å². The van der Waals surface area contributed by atoms with Gasteiger partial charge in [-0.25, -0.2) is 9.78 Å². The van der Waals surface area contributed by atoms with Crippen LogP contribution in [-0.2, 0) is 9.53 Å². The Bertz CT molecular complexity index is 1210. The van der Waals surface area contributed by atoms with Crippen molar-refractivity contribution in [3.63, 3.8) is 0 Å². The van der Waals surface area contributed by atoms with Crippen molar-refractivity contribution in [1.82, 2.24) is 9.66 Å². The highest BCUT2D eigenvalue weighted by molar-refractivity contribution is 9.10. The van der Waals surface area contributed by atoms with Gasteiger partial charge in [0.05, 0.1) is 30.8 Å². The molecule has 0 saturated carbocycles. The molecule has 0 unspecified atom stereocenters. The highest BCUT2D eigenvalue weighted by Gasteiger charge is 2.20. The number of ether oxygens (including phenoxy) is 3. The monoisotopic (exact) mass is 487 g/mol. The van der Waals surface area contributed by atoms with Crippen LogP contribution in [0.15, 0.2) is 50.8 Å². The lowest BCUT2D eigenvalue weighted by Gasteiger charge is -2.17. The van der Waals surface area contributed by atoms with Crippen LogP contribution >= 0.6 is 15.9 Å². The van der Waals surface area contributed by atoms with Crippen molar-refractivity contribution in [2.24, 2.45) is 5.10 Å². The Kier molecular flexibility index (Phi) is 7.06. The van der Waals surface area contributed by atoms with E-state index in [0.29, 0.717) is 33.8 Å². The van der Waals surface area contributed by atoms with Crippen molar-refractivity contribution in [3.8, 4) is 11.5 Å². The van der Waals surface area contributed by atoms with Gasteiger partial charge in [0.25, 0.3) is 5.56 Å². The predicted octanol–water partition coefficient (Wildman–Crippen LogP) is 3.69. The number of methoxy groups -OCH3 is 1. The number of hydrogen-bond acceptors (Lipinski definition) is 7. The Labute approximate surface area is 187 Å². The second-order valence-corrected chi connectivity index (χ2v) is 7.49. The van der Waals surface area contributed by atoms with E-state index in [4.69, 9.17) is 14.2 Å². The van der Waals surface area contributed by atoms with E-state index in [9.17, 15) is 9.59 Å². The predicted molar refractivity (Wildman–Crippen MR) is 121 cm³/mol. The van der Waals surface area contributed by atoms with E-state index < -0.39 is 12.1 Å². The van der Waals surface area contributed by atoms with Gasteiger partial charge in [0.1, 0.15) is 5.82 Å². The number of aromatic nitrogens is 2. The van der Waals surface area contributed by atoms with Crippen molar-refractivity contribution in [3.05, 3.63) is 62.6 Å². The van der Waals surface area contributed by atoms with E-state index in [0.717, 1.165) is 4.47 Å². The van der Waals surface area contributed by atoms with E-state index in [2.05, 4.69) is 26.0 Å². The van der Waals surface area contributed by atoms with Crippen LogP contribution in [0.3, 0.4) is 0 Å². The molecule has 3 rings (SSSR count). The first-order valence-corrected chi connectivity index (χ1v) is 10.4. The molecular weight excluding hydrogens is 466 g/mol. The van der Waals surface area contributed by atoms with Crippen molar-refractivity contribution >= 4 is 39.0 Å². The summed E-state index contributed by atoms with van der Waals surface area (Å²) in [4.78, 5) is 29.4. The molecule has 31 heavy (non-hydrogen) atoms. The molecule has 0 N–H and O–H groups in total. The summed E-state index contributed by atoms with van der Waals surface area (Å²) in [7, 11) is 1.50. The Morgan fingerprint density at radius 1 is 1.32 bits per heavy atom. The first-order valence-electron chi connectivity index (χ1n) is 9.59. The third kappa shape index (κ3) is 4.93. The molecule has 0 saturated heterocycles. The van der Waals surface area contributed by atoms with E-state index in [1.165, 1.54) is 18.0 Å². The number of benzene rings is 2. The van der Waals surface area contributed by atoms with Crippen LogP contribution in [0.4, 0.5) is 0 Å². The van der Waals surface area contributed by atoms with E-state index in [1.54, 1.807) is 51.1 Å². The zero-order valence-corrected chi connectivity index (χ0v) is 19.2. The minimum atomic E-state index is -0.854. The number of nitrogens with zero attached hydrogens (tertiary/aromatic N) is 3. The SMILES string of the molecule is CCOC(=O)[C@H](C)Oc1c(C=Nn2c(C)nc3ccc(Br)cc3c2=O)cccc1OC. The molecular formula is C22H22BrN3O5. The van der Waals surface area contributed by atoms with E-state index >= 15 is 0 Å². The molecule has 0 fully saturated rings. The summed E-state index contributed by atoms with van der Waals surface area (Å²) < 4.78 is 18.2. The number of carbonyl (C=O) groups is 1. The maximum atomic E-state index is 12.9. The van der Waals surface area contributed by atoms with Crippen molar-refractivity contribution in [1.29, 1.82) is 0 Å². The molecule has 1 aromatic heterocycles. The fraction of sp³-hybridized carbons (Fsp3) is 0.273. The summed E-state index contributed by atoms with van der Waals surface area (Å²) >= 11 is 3.37. The lowest BCUT2D eigenvalue weighted by molar-refractivity contribution is -0.150. The van der Waals surface area contributed by atoms with Gasteiger partial charge in [0.2, 0.25) is 0 Å². The third-order valence-electron chi connectivity index (χ3n) is 4.42. The Morgan fingerprint density at radius 2 is 2.10 bits per heavy atom. The summed E-state index contributed by atoms with van der Waals surface area (Å²) in [6, 6.07) is 10.5. The zero-order chi connectivity index (χ0) is 22.5. The quantitative estimate of drug-likeness (QED) is 0.372. The zero-order valence-electron chi connectivity index (χ0n) is 17.6. The minimum absolute atomic E-state index is 0.250. The molecule has 9 heteroatoms. The first-order chi connectivity index (χ1) is 14.8. The number of rotatable bonds is 7. The molecule has 1 atom stereocenters. The largest absolute Gasteiger partial charge is 0.493 e. The molecule has 3 aromatic rings. The van der Waals surface area contributed by atoms with Crippen molar-refractivity contribution in [2.75, 3.05) is 13.7 Å². The molecule has 8 nitrogen and oxygen atoms in total. The van der Waals surface area contributed by atoms with Gasteiger partial charge in [-0.1, -0.05) is 22.0 Å². The van der Waals surface area contributed by atoms with E-state index in [1.807, 2.05) is 6.07 Å². The normalized spacial score (nSPS) is 12.2. The summed E-state index contributed by atoms with van der Waals surface area (Å²) in [6.07, 6.45) is 0.614. The number of hydrogen-bond donors (Lipinski definition) is 0. The second kappa shape index (κ2) is 9.74. The Morgan fingerprint density at radius 3 is 2.81 bits per heavy atom. The molecule has 0 aliphatic rings. The topological polar surface area (TPSA) is 92.0 Å². The van der Waals surface area contributed by atoms with Gasteiger partial charge >= 0.3 is 5.97 Å². The van der Waals surface area contributed by atoms with Gasteiger partial charge in [0.15, 0.2) is 17.6 Å². The fourth-order valence-corrected chi connectivity index (χ4v) is 3.28. The van der Waals surface area contributed by atoms with Gasteiger partial charge in [-0.15, -0.1) is 0 Å². The van der Waals surface area contributed by atoms with E-state index in [-0.39, 0.29) is 12.2 Å². The maximum Gasteiger partial charge on any atom is 0.347 e. The molecule has 0 aliphatic heterocycles. The van der Waals surface area contributed by atoms with Crippen LogP contribution in [0.1, 0.15) is 25.2 Å². The average Bonchev–Trinajstić information content (AvgIpc) is 2.75. The number of fused-ring (bicyclic) bond motifs is 1. The molecule has 0 amide bonds. The molecule has 0 aliphatic carbocycles. The first kappa shape index (κ1) is 22.5. The highest BCUT2D eigenvalue weighted by atomic mass is 79.9. The average molecular weight is 488 g/mol. The van der Waals surface area contributed by atoms with Gasteiger partial charge in [0, 0.05) is 10.0 Å². The number of halogens is 1. The van der Waals surface area contributed by atoms with Gasteiger partial charge in [-0.3, -0.25) is 4.79 Å². The number of para-hydroxylation sites is 1. The highest BCUT2D eigenvalue weighted by Crippen LogP contribution is 2.31. The van der Waals surface area contributed by atoms with Crippen LogP contribution in [0.2, 0.25) is 0 Å². The van der Waals surface area contributed by atoms with Crippen molar-refractivity contribution in [2.45, 2.75) is 26.9 Å². The summed E-state index contributed by atoms with van der Waals surface area (Å²) in [5.74, 6) is 0.676. The lowest BCUT2D eigenvalue weighted by atomic mass is 10.2. The molecule has 2 aromatic carbocycles. The molecule has 0 bridgehead atoms. The summed E-state index contributed by atoms with van der Waals surface area (Å²) in [5, 5.41) is 4.77. The van der Waals surface area contributed by atoms with Gasteiger partial charge < -0.3 is 14.2 Å². The van der Waals surface area contributed by atoms with Gasteiger partial charge in [-0.05, 0) is 51.1 Å². The fourth-order valence-electron chi connectivity index (χ4n) is 2.92. The molecule has 162 valence electrons. The maximum absolute atomic E-state index is 12.9. The number of aryl methyl sites for hydroxylation is 1. The molecule has 1 heterocycles. The van der Waals surface area contributed by atoms with Crippen molar-refractivity contribution < 1.29 is 19.0 Å². The smallest absolute Gasteiger partial charge is 0.347 e. The lowest BCUT2D eigenvalue weighted by Crippen LogP contribution is -2.26. The van der Waals surface area contributed by atoms with Crippen LogP contribution in [0.5, 0.6) is 11.5 Å². The third-order valence-corrected chi connectivity index (χ3v) is 4.92. The summed E-state index contributed by atoms with van der Waals surface area (Å²) in [5.41, 5.74) is 0.812. The molecule has 0 radical (unpaired) electrons. The van der Waals surface area contributed by atoms with Crippen LogP contribution in [0.25, 0.3) is 10.9 Å². The number of carbonyl (C=O) groups excluding carboxylic acids is 1. The Balaban J connectivity index is 2.03. The summed E-state index contributed by atoms with van der Waals surface area (Å²) in [6.45, 7) is 5.26. The Hall–Kier alpha value is -3.20. The second-order valence-electron chi connectivity index (χ2n) is 6.57. The van der Waals surface area contributed by atoms with Crippen LogP contribution in [0, 0.1) is 6.92 Å². The minimum Gasteiger partial charge on any atom is -0.493 e. The van der Waals surface area contributed by atoms with Crippen LogP contribution < -0.4 is 15.0 Å². The number of esters is 1. The molecule has 0 spiro atoms. The standard InChI is InChI=1S/C22H22BrN3O5/c1-5-30-22(28)13(2)31-20-15(7-6-8-19(20)29-4)12-24-26-14(3)25-18-10-9-16(23)11-17(18)21(26)27/h6-13H,5H2,1-4H3/t13-/m0/s1. The van der Waals surface area contributed by atoms with Gasteiger partial charge in [-0.2, -0.15) is 9.78 Å².